The van der Waals surface area contributed by atoms with Gasteiger partial charge in [0.05, 0.1) is 5.69 Å². The van der Waals surface area contributed by atoms with E-state index in [-0.39, 0.29) is 0 Å². The van der Waals surface area contributed by atoms with Gasteiger partial charge in [-0.1, -0.05) is 13.8 Å². The van der Waals surface area contributed by atoms with Crippen molar-refractivity contribution in [3.63, 3.8) is 0 Å². The largest absolute Gasteiger partial charge is 0.294 e. The van der Waals surface area contributed by atoms with Crippen molar-refractivity contribution in [1.29, 1.82) is 0 Å². The number of aromatic nitrogens is 1. The molecule has 0 amide bonds. The van der Waals surface area contributed by atoms with Crippen LogP contribution in [0.4, 0.5) is 0 Å². The molecule has 66 valence electrons. The maximum absolute atomic E-state index is 4.18. The van der Waals surface area contributed by atoms with Crippen LogP contribution >= 0.6 is 12.6 Å². The minimum atomic E-state index is 0.813. The Morgan fingerprint density at radius 1 is 1.50 bits per heavy atom. The highest BCUT2D eigenvalue weighted by molar-refractivity contribution is 7.80. The number of hydrogen-bond donors (Lipinski definition) is 1. The van der Waals surface area contributed by atoms with Gasteiger partial charge in [0, 0.05) is 24.4 Å². The van der Waals surface area contributed by atoms with Crippen LogP contribution in [-0.4, -0.2) is 18.2 Å². The number of pyridine rings is 1. The maximum atomic E-state index is 4.18. The van der Waals surface area contributed by atoms with Crippen molar-refractivity contribution in [3.05, 3.63) is 24.0 Å². The van der Waals surface area contributed by atoms with Crippen LogP contribution in [0.3, 0.4) is 0 Å². The van der Waals surface area contributed by atoms with Crippen LogP contribution in [0.1, 0.15) is 19.5 Å². The highest BCUT2D eigenvalue weighted by Gasteiger charge is 1.91. The predicted octanol–water partition coefficient (Wildman–Crippen LogP) is 2.45. The number of hydrogen-bond acceptors (Lipinski definition) is 3. The lowest BCUT2D eigenvalue weighted by atomic mass is 10.4. The predicted molar refractivity (Wildman–Crippen MR) is 56.4 cm³/mol. The molecule has 0 aromatic carbocycles. The molecule has 0 aliphatic rings. The van der Waals surface area contributed by atoms with E-state index in [0.29, 0.717) is 0 Å². The molecule has 0 saturated carbocycles. The van der Waals surface area contributed by atoms with E-state index in [1.165, 1.54) is 0 Å². The zero-order valence-electron chi connectivity index (χ0n) is 7.65. The number of rotatable bonds is 1. The third-order valence-electron chi connectivity index (χ3n) is 1.07. The zero-order valence-corrected chi connectivity index (χ0v) is 8.55. The molecule has 1 heterocycles. The molecule has 0 radical (unpaired) electrons. The van der Waals surface area contributed by atoms with E-state index in [0.717, 1.165) is 10.6 Å². The van der Waals surface area contributed by atoms with Crippen molar-refractivity contribution in [3.8, 4) is 0 Å². The zero-order chi connectivity index (χ0) is 9.40. The minimum absolute atomic E-state index is 0.813. The lowest BCUT2D eigenvalue weighted by Crippen LogP contribution is -1.87. The Morgan fingerprint density at radius 3 is 2.67 bits per heavy atom. The SMILES string of the molecule is CC.CN=Cc1ncccc1S. The third kappa shape index (κ3) is 3.53. The van der Waals surface area contributed by atoms with Gasteiger partial charge in [0.2, 0.25) is 0 Å². The van der Waals surface area contributed by atoms with E-state index in [9.17, 15) is 0 Å². The molecular weight excluding hydrogens is 168 g/mol. The Hall–Kier alpha value is -0.830. The summed E-state index contributed by atoms with van der Waals surface area (Å²) in [6.07, 6.45) is 3.40. The standard InChI is InChI=1S/C7H8N2S.C2H6/c1-8-5-6-7(10)3-2-4-9-6;1-2/h2-5,10H,1H3;1-2H3. The van der Waals surface area contributed by atoms with Crippen molar-refractivity contribution in [2.75, 3.05) is 7.05 Å². The van der Waals surface area contributed by atoms with E-state index in [1.807, 2.05) is 26.0 Å². The van der Waals surface area contributed by atoms with Crippen LogP contribution < -0.4 is 0 Å². The van der Waals surface area contributed by atoms with Gasteiger partial charge < -0.3 is 0 Å². The summed E-state index contributed by atoms with van der Waals surface area (Å²) in [6, 6.07) is 3.72. The minimum Gasteiger partial charge on any atom is -0.294 e. The van der Waals surface area contributed by atoms with Crippen LogP contribution in [0.5, 0.6) is 0 Å². The molecule has 0 spiro atoms. The highest BCUT2D eigenvalue weighted by Crippen LogP contribution is 2.06. The van der Waals surface area contributed by atoms with Crippen LogP contribution in [-0.2, 0) is 0 Å². The summed E-state index contributed by atoms with van der Waals surface area (Å²) in [5.41, 5.74) is 0.813. The fourth-order valence-electron chi connectivity index (χ4n) is 0.631. The van der Waals surface area contributed by atoms with Gasteiger partial charge in [-0.3, -0.25) is 9.98 Å². The first-order valence-corrected chi connectivity index (χ1v) is 4.35. The van der Waals surface area contributed by atoms with Gasteiger partial charge in [-0.15, -0.1) is 12.6 Å². The van der Waals surface area contributed by atoms with Gasteiger partial charge in [-0.2, -0.15) is 0 Å². The topological polar surface area (TPSA) is 25.2 Å². The number of aliphatic imine (C=N–C) groups is 1. The summed E-state index contributed by atoms with van der Waals surface area (Å²) in [6.45, 7) is 4.00. The molecule has 0 fully saturated rings. The fourth-order valence-corrected chi connectivity index (χ4v) is 0.832. The van der Waals surface area contributed by atoms with Gasteiger partial charge in [0.15, 0.2) is 0 Å². The van der Waals surface area contributed by atoms with Gasteiger partial charge in [-0.25, -0.2) is 0 Å². The molecule has 0 saturated heterocycles. The molecule has 0 bridgehead atoms. The lowest BCUT2D eigenvalue weighted by Gasteiger charge is -1.93. The monoisotopic (exact) mass is 182 g/mol. The second-order valence-corrected chi connectivity index (χ2v) is 2.28. The summed E-state index contributed by atoms with van der Waals surface area (Å²) >= 11 is 4.18. The van der Waals surface area contributed by atoms with Crippen molar-refractivity contribution in [1.82, 2.24) is 4.98 Å². The van der Waals surface area contributed by atoms with Crippen LogP contribution in [0.2, 0.25) is 0 Å². The van der Waals surface area contributed by atoms with Gasteiger partial charge in [0.25, 0.3) is 0 Å². The number of nitrogens with zero attached hydrogens (tertiary/aromatic N) is 2. The number of thiol groups is 1. The first kappa shape index (κ1) is 11.2. The van der Waals surface area contributed by atoms with E-state index in [4.69, 9.17) is 0 Å². The van der Waals surface area contributed by atoms with Crippen molar-refractivity contribution in [2.45, 2.75) is 18.7 Å². The van der Waals surface area contributed by atoms with E-state index in [2.05, 4.69) is 22.6 Å². The molecule has 0 aliphatic heterocycles. The van der Waals surface area contributed by atoms with Gasteiger partial charge >= 0.3 is 0 Å². The molecule has 0 unspecified atom stereocenters. The lowest BCUT2D eigenvalue weighted by molar-refractivity contribution is 1.21. The van der Waals surface area contributed by atoms with Gasteiger partial charge in [0.1, 0.15) is 0 Å². The smallest absolute Gasteiger partial charge is 0.0940 e. The van der Waals surface area contributed by atoms with Crippen LogP contribution in [0.15, 0.2) is 28.2 Å². The second-order valence-electron chi connectivity index (χ2n) is 1.80. The first-order valence-electron chi connectivity index (χ1n) is 3.90. The Bertz CT molecular complexity index is 246. The summed E-state index contributed by atoms with van der Waals surface area (Å²) in [5.74, 6) is 0. The summed E-state index contributed by atoms with van der Waals surface area (Å²) in [5, 5.41) is 0. The van der Waals surface area contributed by atoms with Crippen molar-refractivity contribution < 1.29 is 0 Å². The Kier molecular flexibility index (Phi) is 6.38. The fraction of sp³-hybridized carbons (Fsp3) is 0.333. The molecule has 0 N–H and O–H groups in total. The summed E-state index contributed by atoms with van der Waals surface area (Å²) in [4.78, 5) is 8.73. The van der Waals surface area contributed by atoms with E-state index < -0.39 is 0 Å². The highest BCUT2D eigenvalue weighted by atomic mass is 32.1. The molecule has 2 nitrogen and oxygen atoms in total. The summed E-state index contributed by atoms with van der Waals surface area (Å²) in [7, 11) is 1.71. The molecule has 1 rings (SSSR count). The Morgan fingerprint density at radius 2 is 2.17 bits per heavy atom. The molecule has 1 aromatic rings. The van der Waals surface area contributed by atoms with Crippen LogP contribution in [0, 0.1) is 0 Å². The van der Waals surface area contributed by atoms with E-state index in [1.54, 1.807) is 19.5 Å². The normalized spacial score (nSPS) is 9.33. The third-order valence-corrected chi connectivity index (χ3v) is 1.45. The molecule has 12 heavy (non-hydrogen) atoms. The second kappa shape index (κ2) is 6.85. The quantitative estimate of drug-likeness (QED) is 0.524. The summed E-state index contributed by atoms with van der Waals surface area (Å²) < 4.78 is 0. The molecule has 1 aromatic heterocycles. The molecule has 0 atom stereocenters. The van der Waals surface area contributed by atoms with Crippen molar-refractivity contribution >= 4 is 18.8 Å². The van der Waals surface area contributed by atoms with Gasteiger partial charge in [-0.05, 0) is 12.1 Å². The maximum Gasteiger partial charge on any atom is 0.0940 e. The molecule has 3 heteroatoms. The first-order chi connectivity index (χ1) is 5.84. The molecular formula is C9H14N2S. The van der Waals surface area contributed by atoms with E-state index >= 15 is 0 Å². The average molecular weight is 182 g/mol. The Balaban J connectivity index is 0.000000561. The Labute approximate surface area is 79.2 Å². The van der Waals surface area contributed by atoms with Crippen LogP contribution in [0.25, 0.3) is 0 Å². The molecule has 0 aliphatic carbocycles. The average Bonchev–Trinajstić information content (AvgIpc) is 2.13. The van der Waals surface area contributed by atoms with Crippen molar-refractivity contribution in [2.24, 2.45) is 4.99 Å².